The van der Waals surface area contributed by atoms with Gasteiger partial charge in [-0.3, -0.25) is 0 Å². The Balaban J connectivity index is 1.91. The van der Waals surface area contributed by atoms with Crippen molar-refractivity contribution >= 4 is 11.8 Å². The molecule has 3 rings (SSSR count). The van der Waals surface area contributed by atoms with E-state index in [0.29, 0.717) is 0 Å². The van der Waals surface area contributed by atoms with Crippen molar-refractivity contribution in [1.82, 2.24) is 5.32 Å². The van der Waals surface area contributed by atoms with Crippen LogP contribution in [0.4, 0.5) is 0 Å². The average molecular weight is 233 g/mol. The summed E-state index contributed by atoms with van der Waals surface area (Å²) in [6, 6.07) is 8.96. The van der Waals surface area contributed by atoms with Gasteiger partial charge in [0.2, 0.25) is 0 Å². The second-order valence-electron chi connectivity index (χ2n) is 5.18. The molecule has 1 saturated heterocycles. The van der Waals surface area contributed by atoms with Gasteiger partial charge in [-0.25, -0.2) is 0 Å². The zero-order chi connectivity index (χ0) is 11.0. The molecule has 0 spiro atoms. The number of nitrogens with one attached hydrogen (secondary N) is 1. The van der Waals surface area contributed by atoms with Gasteiger partial charge >= 0.3 is 0 Å². The van der Waals surface area contributed by atoms with E-state index in [0.717, 1.165) is 5.25 Å². The van der Waals surface area contributed by atoms with Gasteiger partial charge in [-0.1, -0.05) is 18.2 Å². The van der Waals surface area contributed by atoms with Gasteiger partial charge in [0.25, 0.3) is 0 Å². The Morgan fingerprint density at radius 3 is 2.81 bits per heavy atom. The first kappa shape index (κ1) is 10.7. The Morgan fingerprint density at radius 1 is 1.31 bits per heavy atom. The van der Waals surface area contributed by atoms with Crippen molar-refractivity contribution < 1.29 is 0 Å². The third kappa shape index (κ3) is 2.01. The van der Waals surface area contributed by atoms with Crippen molar-refractivity contribution in [2.45, 2.75) is 48.3 Å². The van der Waals surface area contributed by atoms with Crippen LogP contribution < -0.4 is 5.32 Å². The van der Waals surface area contributed by atoms with E-state index in [-0.39, 0.29) is 5.54 Å². The predicted octanol–water partition coefficient (Wildman–Crippen LogP) is 3.54. The molecule has 0 aromatic heterocycles. The van der Waals surface area contributed by atoms with Crippen LogP contribution in [0, 0.1) is 0 Å². The Labute approximate surface area is 102 Å². The Bertz CT molecular complexity index is 378. The lowest BCUT2D eigenvalue weighted by Gasteiger charge is -2.27. The molecule has 16 heavy (non-hydrogen) atoms. The summed E-state index contributed by atoms with van der Waals surface area (Å²) < 4.78 is 0. The van der Waals surface area contributed by atoms with Crippen LogP contribution in [0.5, 0.6) is 0 Å². The fourth-order valence-electron chi connectivity index (χ4n) is 2.52. The van der Waals surface area contributed by atoms with Gasteiger partial charge in [0, 0.05) is 15.7 Å². The SMILES string of the molecule is CC1(c2ccccc2SC2CC2)CCCN1. The molecule has 2 heteroatoms. The molecule has 2 aliphatic rings. The lowest BCUT2D eigenvalue weighted by molar-refractivity contribution is 0.427. The molecule has 2 fully saturated rings. The van der Waals surface area contributed by atoms with E-state index in [1.807, 2.05) is 0 Å². The summed E-state index contributed by atoms with van der Waals surface area (Å²) in [7, 11) is 0. The number of benzene rings is 1. The normalized spacial score (nSPS) is 29.6. The molecule has 1 heterocycles. The first-order valence-electron chi connectivity index (χ1n) is 6.29. The molecule has 86 valence electrons. The highest BCUT2D eigenvalue weighted by Crippen LogP contribution is 2.44. The summed E-state index contributed by atoms with van der Waals surface area (Å²) in [4.78, 5) is 1.50. The molecule has 1 nitrogen and oxygen atoms in total. The molecule has 0 radical (unpaired) electrons. The highest BCUT2D eigenvalue weighted by molar-refractivity contribution is 8.00. The van der Waals surface area contributed by atoms with Crippen LogP contribution in [0.1, 0.15) is 38.2 Å². The van der Waals surface area contributed by atoms with Crippen LogP contribution in [0.25, 0.3) is 0 Å². The van der Waals surface area contributed by atoms with E-state index in [2.05, 4.69) is 48.3 Å². The predicted molar refractivity (Wildman–Crippen MR) is 69.9 cm³/mol. The highest BCUT2D eigenvalue weighted by Gasteiger charge is 2.33. The molecular weight excluding hydrogens is 214 g/mol. The third-order valence-electron chi connectivity index (χ3n) is 3.67. The number of hydrogen-bond donors (Lipinski definition) is 1. The lowest BCUT2D eigenvalue weighted by atomic mass is 9.90. The minimum Gasteiger partial charge on any atom is -0.308 e. The first-order chi connectivity index (χ1) is 7.78. The topological polar surface area (TPSA) is 12.0 Å². The number of hydrogen-bond acceptors (Lipinski definition) is 2. The summed E-state index contributed by atoms with van der Waals surface area (Å²) in [6.45, 7) is 3.52. The number of rotatable bonds is 3. The molecule has 1 aromatic carbocycles. The van der Waals surface area contributed by atoms with Crippen molar-refractivity contribution in [2.75, 3.05) is 6.54 Å². The maximum Gasteiger partial charge on any atom is 0.0417 e. The van der Waals surface area contributed by atoms with Gasteiger partial charge in [-0.15, -0.1) is 11.8 Å². The molecule has 1 aliphatic carbocycles. The van der Waals surface area contributed by atoms with Crippen LogP contribution in [-0.2, 0) is 5.54 Å². The van der Waals surface area contributed by atoms with E-state index >= 15 is 0 Å². The zero-order valence-electron chi connectivity index (χ0n) is 9.83. The van der Waals surface area contributed by atoms with Crippen LogP contribution in [0.2, 0.25) is 0 Å². The Hall–Kier alpha value is -0.470. The maximum atomic E-state index is 3.67. The number of thioether (sulfide) groups is 1. The summed E-state index contributed by atoms with van der Waals surface area (Å²) in [5.41, 5.74) is 1.74. The molecule has 1 N–H and O–H groups in total. The van der Waals surface area contributed by atoms with Gasteiger partial charge in [0.1, 0.15) is 0 Å². The Morgan fingerprint density at radius 2 is 2.12 bits per heavy atom. The average Bonchev–Trinajstić information content (AvgIpc) is 2.99. The second kappa shape index (κ2) is 4.08. The van der Waals surface area contributed by atoms with Crippen LogP contribution in [-0.4, -0.2) is 11.8 Å². The summed E-state index contributed by atoms with van der Waals surface area (Å²) >= 11 is 2.08. The fraction of sp³-hybridized carbons (Fsp3) is 0.571. The molecule has 0 amide bonds. The summed E-state index contributed by atoms with van der Waals surface area (Å²) in [5, 5.41) is 4.56. The third-order valence-corrected chi connectivity index (χ3v) is 5.08. The van der Waals surface area contributed by atoms with Gasteiger partial charge in [0.05, 0.1) is 0 Å². The van der Waals surface area contributed by atoms with E-state index in [9.17, 15) is 0 Å². The van der Waals surface area contributed by atoms with Crippen LogP contribution >= 0.6 is 11.8 Å². The van der Waals surface area contributed by atoms with Gasteiger partial charge in [0.15, 0.2) is 0 Å². The van der Waals surface area contributed by atoms with Gasteiger partial charge < -0.3 is 5.32 Å². The quantitative estimate of drug-likeness (QED) is 0.857. The van der Waals surface area contributed by atoms with E-state index in [1.54, 1.807) is 0 Å². The molecule has 1 unspecified atom stereocenters. The largest absolute Gasteiger partial charge is 0.308 e. The van der Waals surface area contributed by atoms with Crippen molar-refractivity contribution in [3.63, 3.8) is 0 Å². The minimum atomic E-state index is 0.221. The minimum absolute atomic E-state index is 0.221. The van der Waals surface area contributed by atoms with Crippen molar-refractivity contribution in [2.24, 2.45) is 0 Å². The molecule has 1 aliphatic heterocycles. The Kier molecular flexibility index (Phi) is 2.72. The first-order valence-corrected chi connectivity index (χ1v) is 7.17. The second-order valence-corrected chi connectivity index (χ2v) is 6.52. The van der Waals surface area contributed by atoms with Crippen LogP contribution in [0.15, 0.2) is 29.2 Å². The summed E-state index contributed by atoms with van der Waals surface area (Å²) in [6.07, 6.45) is 5.39. The van der Waals surface area contributed by atoms with Gasteiger partial charge in [-0.2, -0.15) is 0 Å². The van der Waals surface area contributed by atoms with Crippen molar-refractivity contribution in [3.05, 3.63) is 29.8 Å². The molecule has 1 saturated carbocycles. The van der Waals surface area contributed by atoms with Crippen LogP contribution in [0.3, 0.4) is 0 Å². The molecular formula is C14H19NS. The zero-order valence-corrected chi connectivity index (χ0v) is 10.6. The lowest BCUT2D eigenvalue weighted by Crippen LogP contribution is -2.33. The monoisotopic (exact) mass is 233 g/mol. The fourth-order valence-corrected chi connectivity index (χ4v) is 3.82. The molecule has 0 bridgehead atoms. The van der Waals surface area contributed by atoms with Gasteiger partial charge in [-0.05, 0) is 50.8 Å². The standard InChI is InChI=1S/C14H19NS/c1-14(9-4-10-15-14)12-5-2-3-6-13(12)16-11-7-8-11/h2-3,5-6,11,15H,4,7-10H2,1H3. The maximum absolute atomic E-state index is 3.67. The molecule has 1 atom stereocenters. The van der Waals surface area contributed by atoms with E-state index in [4.69, 9.17) is 0 Å². The summed E-state index contributed by atoms with van der Waals surface area (Å²) in [5.74, 6) is 0. The van der Waals surface area contributed by atoms with Crippen molar-refractivity contribution in [1.29, 1.82) is 0 Å². The van der Waals surface area contributed by atoms with E-state index in [1.165, 1.54) is 42.7 Å². The smallest absolute Gasteiger partial charge is 0.0417 e. The van der Waals surface area contributed by atoms with E-state index < -0.39 is 0 Å². The highest BCUT2D eigenvalue weighted by atomic mass is 32.2. The molecule has 1 aromatic rings. The van der Waals surface area contributed by atoms with Crippen molar-refractivity contribution in [3.8, 4) is 0 Å².